The standard InChI is InChI=1S/C8H6ClNO2/c1-2-5-11-10-6-7-3-4-8(9)12-7/h1,3-4,6H,5H2/b10-6+. The predicted molar refractivity (Wildman–Crippen MR) is 46.1 cm³/mol. The maximum atomic E-state index is 5.50. The Labute approximate surface area is 75.0 Å². The highest BCUT2D eigenvalue weighted by atomic mass is 35.5. The largest absolute Gasteiger partial charge is 0.444 e. The second-order valence-electron chi connectivity index (χ2n) is 1.85. The number of terminal acetylenes is 1. The van der Waals surface area contributed by atoms with Gasteiger partial charge in [0.2, 0.25) is 0 Å². The fourth-order valence-corrected chi connectivity index (χ4v) is 0.713. The van der Waals surface area contributed by atoms with Crippen LogP contribution >= 0.6 is 11.6 Å². The molecule has 0 aliphatic rings. The van der Waals surface area contributed by atoms with Crippen LogP contribution in [-0.4, -0.2) is 12.8 Å². The van der Waals surface area contributed by atoms with Crippen molar-refractivity contribution in [2.24, 2.45) is 5.16 Å². The minimum absolute atomic E-state index is 0.144. The fraction of sp³-hybridized carbons (Fsp3) is 0.125. The number of furan rings is 1. The Morgan fingerprint density at radius 2 is 2.58 bits per heavy atom. The third-order valence-electron chi connectivity index (χ3n) is 0.996. The molecule has 0 aliphatic heterocycles. The molecule has 0 aromatic carbocycles. The van der Waals surface area contributed by atoms with Gasteiger partial charge in [-0.2, -0.15) is 0 Å². The molecule has 0 unspecified atom stereocenters. The number of oxime groups is 1. The summed E-state index contributed by atoms with van der Waals surface area (Å²) in [5.41, 5.74) is 0. The van der Waals surface area contributed by atoms with Crippen molar-refractivity contribution >= 4 is 17.8 Å². The smallest absolute Gasteiger partial charge is 0.193 e. The van der Waals surface area contributed by atoms with Crippen LogP contribution < -0.4 is 0 Å². The van der Waals surface area contributed by atoms with Crippen LogP contribution in [0.15, 0.2) is 21.7 Å². The molecule has 0 saturated carbocycles. The van der Waals surface area contributed by atoms with Crippen molar-refractivity contribution in [1.82, 2.24) is 0 Å². The third-order valence-corrected chi connectivity index (χ3v) is 1.20. The lowest BCUT2D eigenvalue weighted by Gasteiger charge is -1.87. The van der Waals surface area contributed by atoms with Crippen molar-refractivity contribution in [3.8, 4) is 12.3 Å². The van der Waals surface area contributed by atoms with E-state index in [-0.39, 0.29) is 6.61 Å². The lowest BCUT2D eigenvalue weighted by Crippen LogP contribution is -1.82. The molecule has 1 rings (SSSR count). The summed E-state index contributed by atoms with van der Waals surface area (Å²) in [6.07, 6.45) is 6.31. The number of hydrogen-bond donors (Lipinski definition) is 0. The first-order valence-corrected chi connectivity index (χ1v) is 3.55. The van der Waals surface area contributed by atoms with Crippen LogP contribution in [-0.2, 0) is 4.84 Å². The summed E-state index contributed by atoms with van der Waals surface area (Å²) in [5.74, 6) is 2.79. The average Bonchev–Trinajstić information content (AvgIpc) is 2.45. The summed E-state index contributed by atoms with van der Waals surface area (Å²) in [4.78, 5) is 4.63. The van der Waals surface area contributed by atoms with E-state index in [1.807, 2.05) is 0 Å². The molecule has 0 aliphatic carbocycles. The van der Waals surface area contributed by atoms with Crippen LogP contribution in [0.25, 0.3) is 0 Å². The first-order valence-electron chi connectivity index (χ1n) is 3.17. The molecule has 12 heavy (non-hydrogen) atoms. The van der Waals surface area contributed by atoms with Gasteiger partial charge in [-0.25, -0.2) is 0 Å². The molecule has 1 heterocycles. The molecule has 0 radical (unpaired) electrons. The monoisotopic (exact) mass is 183 g/mol. The Morgan fingerprint density at radius 3 is 3.17 bits per heavy atom. The van der Waals surface area contributed by atoms with E-state index in [1.165, 1.54) is 6.21 Å². The number of rotatable bonds is 3. The topological polar surface area (TPSA) is 34.7 Å². The molecule has 0 spiro atoms. The van der Waals surface area contributed by atoms with E-state index >= 15 is 0 Å². The Bertz CT molecular complexity index is 311. The predicted octanol–water partition coefficient (Wildman–Crippen LogP) is 1.92. The Kier molecular flexibility index (Phi) is 3.24. The van der Waals surface area contributed by atoms with Crippen LogP contribution in [0.4, 0.5) is 0 Å². The first-order chi connectivity index (χ1) is 5.83. The molecule has 62 valence electrons. The van der Waals surface area contributed by atoms with Gasteiger partial charge in [0.25, 0.3) is 0 Å². The van der Waals surface area contributed by atoms with Crippen molar-refractivity contribution in [2.45, 2.75) is 0 Å². The molecule has 0 bridgehead atoms. The summed E-state index contributed by atoms with van der Waals surface area (Å²) in [7, 11) is 0. The van der Waals surface area contributed by atoms with Crippen molar-refractivity contribution < 1.29 is 9.25 Å². The minimum Gasteiger partial charge on any atom is -0.444 e. The van der Waals surface area contributed by atoms with Gasteiger partial charge >= 0.3 is 0 Å². The fourth-order valence-electron chi connectivity index (χ4n) is 0.561. The van der Waals surface area contributed by atoms with Crippen molar-refractivity contribution in [1.29, 1.82) is 0 Å². The van der Waals surface area contributed by atoms with E-state index in [9.17, 15) is 0 Å². The Morgan fingerprint density at radius 1 is 1.75 bits per heavy atom. The van der Waals surface area contributed by atoms with Gasteiger partial charge in [0.15, 0.2) is 17.6 Å². The summed E-state index contributed by atoms with van der Waals surface area (Å²) in [6.45, 7) is 0.144. The molecule has 0 atom stereocenters. The summed E-state index contributed by atoms with van der Waals surface area (Å²) >= 11 is 5.50. The summed E-state index contributed by atoms with van der Waals surface area (Å²) in [5, 5.41) is 3.84. The third kappa shape index (κ3) is 2.69. The van der Waals surface area contributed by atoms with E-state index < -0.39 is 0 Å². The van der Waals surface area contributed by atoms with Crippen molar-refractivity contribution in [3.05, 3.63) is 23.1 Å². The molecule has 4 heteroatoms. The van der Waals surface area contributed by atoms with Gasteiger partial charge in [-0.3, -0.25) is 0 Å². The van der Waals surface area contributed by atoms with E-state index in [0.29, 0.717) is 11.0 Å². The lowest BCUT2D eigenvalue weighted by molar-refractivity contribution is 0.181. The molecule has 0 N–H and O–H groups in total. The van der Waals surface area contributed by atoms with Gasteiger partial charge in [0.05, 0.1) is 0 Å². The number of nitrogens with zero attached hydrogens (tertiary/aromatic N) is 1. The Balaban J connectivity index is 2.42. The maximum absolute atomic E-state index is 5.50. The van der Waals surface area contributed by atoms with Crippen LogP contribution in [0.5, 0.6) is 0 Å². The zero-order chi connectivity index (χ0) is 8.81. The van der Waals surface area contributed by atoms with E-state index in [4.69, 9.17) is 22.4 Å². The van der Waals surface area contributed by atoms with E-state index in [2.05, 4.69) is 15.9 Å². The number of halogens is 1. The summed E-state index contributed by atoms with van der Waals surface area (Å²) in [6, 6.07) is 3.29. The SMILES string of the molecule is C#CCO/N=C/c1ccc(Cl)o1. The zero-order valence-electron chi connectivity index (χ0n) is 6.16. The highest BCUT2D eigenvalue weighted by Gasteiger charge is 1.94. The molecular weight excluding hydrogens is 178 g/mol. The van der Waals surface area contributed by atoms with E-state index in [1.54, 1.807) is 12.1 Å². The molecule has 0 saturated heterocycles. The van der Waals surface area contributed by atoms with Gasteiger partial charge in [-0.05, 0) is 23.7 Å². The summed E-state index contributed by atoms with van der Waals surface area (Å²) < 4.78 is 4.95. The molecule has 3 nitrogen and oxygen atoms in total. The van der Waals surface area contributed by atoms with Crippen LogP contribution in [0.3, 0.4) is 0 Å². The van der Waals surface area contributed by atoms with Gasteiger partial charge in [-0.15, -0.1) is 6.42 Å². The normalized spacial score (nSPS) is 10.0. The zero-order valence-corrected chi connectivity index (χ0v) is 6.91. The molecule has 0 fully saturated rings. The van der Waals surface area contributed by atoms with Crippen LogP contribution in [0.2, 0.25) is 5.22 Å². The first kappa shape index (κ1) is 8.69. The minimum atomic E-state index is 0.144. The molecule has 0 amide bonds. The van der Waals surface area contributed by atoms with Crippen LogP contribution in [0, 0.1) is 12.3 Å². The second-order valence-corrected chi connectivity index (χ2v) is 2.23. The average molecular weight is 184 g/mol. The highest BCUT2D eigenvalue weighted by molar-refractivity contribution is 6.28. The molecule has 1 aromatic heterocycles. The van der Waals surface area contributed by atoms with Gasteiger partial charge in [0.1, 0.15) is 6.21 Å². The van der Waals surface area contributed by atoms with Crippen molar-refractivity contribution in [2.75, 3.05) is 6.61 Å². The van der Waals surface area contributed by atoms with Gasteiger partial charge < -0.3 is 9.25 Å². The number of hydrogen-bond acceptors (Lipinski definition) is 3. The molecule has 1 aromatic rings. The second kappa shape index (κ2) is 4.47. The maximum Gasteiger partial charge on any atom is 0.193 e. The Hall–Kier alpha value is -1.40. The van der Waals surface area contributed by atoms with E-state index in [0.717, 1.165) is 0 Å². The van der Waals surface area contributed by atoms with Gasteiger partial charge in [0, 0.05) is 0 Å². The highest BCUT2D eigenvalue weighted by Crippen LogP contribution is 2.10. The van der Waals surface area contributed by atoms with Crippen LogP contribution in [0.1, 0.15) is 5.76 Å². The van der Waals surface area contributed by atoms with Crippen molar-refractivity contribution in [3.63, 3.8) is 0 Å². The lowest BCUT2D eigenvalue weighted by atomic mass is 10.5. The molecular formula is C8H6ClNO2. The quantitative estimate of drug-likeness (QED) is 0.311. The van der Waals surface area contributed by atoms with Gasteiger partial charge in [-0.1, -0.05) is 11.1 Å².